The second-order valence-corrected chi connectivity index (χ2v) is 10.6. The Morgan fingerprint density at radius 2 is 1.35 bits per heavy atom. The van der Waals surface area contributed by atoms with Gasteiger partial charge in [-0.1, -0.05) is 117 Å². The van der Waals surface area contributed by atoms with Crippen LogP contribution < -0.4 is 4.90 Å². The van der Waals surface area contributed by atoms with Gasteiger partial charge in [0.1, 0.15) is 0 Å². The Kier molecular flexibility index (Phi) is 10.0. The number of rotatable bonds is 4. The summed E-state index contributed by atoms with van der Waals surface area (Å²) in [7, 11) is 2.18. The Balaban J connectivity index is 0.000000283. The second-order valence-electron chi connectivity index (χ2n) is 10.6. The molecule has 6 rings (SSSR count). The van der Waals surface area contributed by atoms with Crippen LogP contribution in [-0.4, -0.2) is 4.57 Å². The third-order valence-corrected chi connectivity index (χ3v) is 7.52. The average Bonchev–Trinajstić information content (AvgIpc) is 3.28. The summed E-state index contributed by atoms with van der Waals surface area (Å²) >= 11 is 0. The van der Waals surface area contributed by atoms with E-state index in [0.29, 0.717) is 0 Å². The van der Waals surface area contributed by atoms with E-state index in [1.54, 1.807) is 0 Å². The van der Waals surface area contributed by atoms with Crippen molar-refractivity contribution in [3.05, 3.63) is 126 Å². The van der Waals surface area contributed by atoms with Crippen LogP contribution in [0.5, 0.6) is 0 Å². The van der Waals surface area contributed by atoms with E-state index >= 15 is 0 Å². The van der Waals surface area contributed by atoms with E-state index in [2.05, 4.69) is 160 Å². The quantitative estimate of drug-likeness (QED) is 0.225. The van der Waals surface area contributed by atoms with E-state index in [-0.39, 0.29) is 0 Å². The molecule has 0 radical (unpaired) electrons. The Bertz CT molecular complexity index is 1600. The van der Waals surface area contributed by atoms with Gasteiger partial charge in [0, 0.05) is 34.7 Å². The smallest absolute Gasteiger partial charge is 0.0736 e. The topological polar surface area (TPSA) is 8.17 Å². The van der Waals surface area contributed by atoms with Crippen LogP contribution in [0.25, 0.3) is 21.8 Å². The number of nitrogens with zero attached hydrogens (tertiary/aromatic N) is 2. The van der Waals surface area contributed by atoms with Crippen molar-refractivity contribution in [1.29, 1.82) is 0 Å². The van der Waals surface area contributed by atoms with Crippen LogP contribution in [0.4, 0.5) is 17.1 Å². The molecule has 2 nitrogen and oxygen atoms in total. The van der Waals surface area contributed by atoms with Crippen LogP contribution in [0, 0.1) is 13.8 Å². The van der Waals surface area contributed by atoms with Crippen molar-refractivity contribution in [3.63, 3.8) is 0 Å². The lowest BCUT2D eigenvalue weighted by molar-refractivity contribution is 0.886. The van der Waals surface area contributed by atoms with Crippen molar-refractivity contribution in [2.45, 2.75) is 60.3 Å². The summed E-state index contributed by atoms with van der Waals surface area (Å²) in [5, 5.41) is 2.59. The number of aryl methyl sites for hydroxylation is 3. The Morgan fingerprint density at radius 1 is 0.675 bits per heavy atom. The minimum absolute atomic E-state index is 1.17. The Labute approximate surface area is 241 Å². The molecule has 5 aromatic rings. The molecule has 2 heteroatoms. The lowest BCUT2D eigenvalue weighted by Crippen LogP contribution is -2.14. The Morgan fingerprint density at radius 3 is 1.98 bits per heavy atom. The van der Waals surface area contributed by atoms with Crippen LogP contribution in [0.2, 0.25) is 0 Å². The molecule has 0 amide bonds. The lowest BCUT2D eigenvalue weighted by atomic mass is 10.0. The number of allylic oxidation sites excluding steroid dienone is 4. The summed E-state index contributed by atoms with van der Waals surface area (Å²) in [5.74, 6) is 0. The lowest BCUT2D eigenvalue weighted by Gasteiger charge is -2.29. The van der Waals surface area contributed by atoms with Gasteiger partial charge in [0.2, 0.25) is 0 Å². The predicted molar refractivity (Wildman–Crippen MR) is 177 cm³/mol. The molecule has 1 heterocycles. The van der Waals surface area contributed by atoms with Gasteiger partial charge in [-0.05, 0) is 69.0 Å². The number of hydrogen-bond donors (Lipinski definition) is 0. The van der Waals surface area contributed by atoms with Crippen molar-refractivity contribution in [2.75, 3.05) is 4.90 Å². The van der Waals surface area contributed by atoms with Crippen LogP contribution >= 0.6 is 0 Å². The average molecular weight is 529 g/mol. The van der Waals surface area contributed by atoms with Gasteiger partial charge in [-0.25, -0.2) is 0 Å². The molecule has 0 spiro atoms. The van der Waals surface area contributed by atoms with E-state index in [1.807, 2.05) is 0 Å². The van der Waals surface area contributed by atoms with Gasteiger partial charge in [-0.15, -0.1) is 0 Å². The highest BCUT2D eigenvalue weighted by atomic mass is 15.2. The van der Waals surface area contributed by atoms with Gasteiger partial charge < -0.3 is 9.47 Å². The number of benzene rings is 4. The minimum Gasteiger partial charge on any atom is -0.342 e. The number of anilines is 3. The van der Waals surface area contributed by atoms with Crippen LogP contribution in [-0.2, 0) is 7.05 Å². The maximum Gasteiger partial charge on any atom is 0.0736 e. The van der Waals surface area contributed by atoms with Gasteiger partial charge in [-0.3, -0.25) is 0 Å². The van der Waals surface area contributed by atoms with Crippen molar-refractivity contribution in [1.82, 2.24) is 4.57 Å². The SMILES string of the molecule is CC1=CCCC=C1.CCCC.Cc1ccccc1N(c1ccccc1)c1c(C)ccc2c3ccccc3n(C)c12. The molecule has 0 atom stereocenters. The zero-order valence-corrected chi connectivity index (χ0v) is 25.1. The van der Waals surface area contributed by atoms with Gasteiger partial charge in [0.25, 0.3) is 0 Å². The van der Waals surface area contributed by atoms with Gasteiger partial charge >= 0.3 is 0 Å². The molecule has 4 aromatic carbocycles. The molecular weight excluding hydrogens is 484 g/mol. The first kappa shape index (κ1) is 29.0. The van der Waals surface area contributed by atoms with Crippen molar-refractivity contribution >= 4 is 38.9 Å². The van der Waals surface area contributed by atoms with Crippen LogP contribution in [0.3, 0.4) is 0 Å². The van der Waals surface area contributed by atoms with E-state index in [9.17, 15) is 0 Å². The normalized spacial score (nSPS) is 12.3. The first-order chi connectivity index (χ1) is 19.5. The molecular formula is C38H44N2. The van der Waals surface area contributed by atoms with Gasteiger partial charge in [0.15, 0.2) is 0 Å². The van der Waals surface area contributed by atoms with E-state index < -0.39 is 0 Å². The second kappa shape index (κ2) is 13.8. The minimum atomic E-state index is 1.17. The first-order valence-corrected chi connectivity index (χ1v) is 14.7. The van der Waals surface area contributed by atoms with Crippen LogP contribution in [0.1, 0.15) is 57.6 Å². The molecule has 206 valence electrons. The van der Waals surface area contributed by atoms with Crippen LogP contribution in [0.15, 0.2) is 115 Å². The molecule has 0 saturated heterocycles. The molecule has 0 bridgehead atoms. The molecule has 0 fully saturated rings. The molecule has 1 aromatic heterocycles. The van der Waals surface area contributed by atoms with E-state index in [0.717, 1.165) is 0 Å². The number of aromatic nitrogens is 1. The summed E-state index contributed by atoms with van der Waals surface area (Å²) < 4.78 is 2.33. The zero-order valence-electron chi connectivity index (χ0n) is 25.1. The molecule has 0 N–H and O–H groups in total. The fraction of sp³-hybridized carbons (Fsp3) is 0.263. The standard InChI is InChI=1S/C27H24N2.C7H10.C4H10/c1-19-11-7-9-15-24(19)29(21-12-5-4-6-13-21)26-20(2)17-18-23-22-14-8-10-16-25(22)28(3)27(23)26;1-7-5-3-2-4-6-7;1-3-4-2/h4-18H,1-3H3;3,5-6H,2,4H2,1H3;3-4H2,1-2H3. The number of hydrogen-bond acceptors (Lipinski definition) is 1. The fourth-order valence-electron chi connectivity index (χ4n) is 5.16. The highest BCUT2D eigenvalue weighted by molar-refractivity contribution is 6.14. The zero-order chi connectivity index (χ0) is 28.5. The number of para-hydroxylation sites is 3. The summed E-state index contributed by atoms with van der Waals surface area (Å²) in [6, 6.07) is 32.5. The van der Waals surface area contributed by atoms with Crippen molar-refractivity contribution in [3.8, 4) is 0 Å². The molecule has 0 unspecified atom stereocenters. The fourth-order valence-corrected chi connectivity index (χ4v) is 5.16. The van der Waals surface area contributed by atoms with Gasteiger partial charge in [-0.2, -0.15) is 0 Å². The van der Waals surface area contributed by atoms with Crippen molar-refractivity contribution < 1.29 is 0 Å². The summed E-state index contributed by atoms with van der Waals surface area (Å²) in [4.78, 5) is 2.41. The van der Waals surface area contributed by atoms with Gasteiger partial charge in [0.05, 0.1) is 11.2 Å². The molecule has 40 heavy (non-hydrogen) atoms. The van der Waals surface area contributed by atoms with Crippen molar-refractivity contribution in [2.24, 2.45) is 7.05 Å². The monoisotopic (exact) mass is 528 g/mol. The summed E-state index contributed by atoms with van der Waals surface area (Å²) in [6.45, 7) is 10.9. The molecule has 1 aliphatic carbocycles. The maximum atomic E-state index is 2.41. The maximum absolute atomic E-state index is 2.41. The third-order valence-electron chi connectivity index (χ3n) is 7.52. The highest BCUT2D eigenvalue weighted by Gasteiger charge is 2.22. The Hall–Kier alpha value is -4.04. The summed E-state index contributed by atoms with van der Waals surface area (Å²) in [6.07, 6.45) is 11.8. The first-order valence-electron chi connectivity index (χ1n) is 14.7. The largest absolute Gasteiger partial charge is 0.342 e. The third kappa shape index (κ3) is 6.39. The number of fused-ring (bicyclic) bond motifs is 3. The summed E-state index contributed by atoms with van der Waals surface area (Å²) in [5.41, 5.74) is 10.1. The highest BCUT2D eigenvalue weighted by Crippen LogP contribution is 2.44. The van der Waals surface area contributed by atoms with E-state index in [4.69, 9.17) is 0 Å². The molecule has 0 saturated carbocycles. The molecule has 0 aliphatic heterocycles. The number of unbranched alkanes of at least 4 members (excludes halogenated alkanes) is 1. The molecule has 1 aliphatic rings. The predicted octanol–water partition coefficient (Wildman–Crippen LogP) is 11.5. The van der Waals surface area contributed by atoms with E-state index in [1.165, 1.54) is 81.3 Å².